The average Bonchev–Trinajstić information content (AvgIpc) is 2.81. The molecule has 0 amide bonds. The van der Waals surface area contributed by atoms with E-state index in [0.29, 0.717) is 0 Å². The van der Waals surface area contributed by atoms with E-state index in [4.69, 9.17) is 0 Å². The van der Waals surface area contributed by atoms with Gasteiger partial charge in [0.15, 0.2) is 0 Å². The number of nitrogens with one attached hydrogen (secondary N) is 1. The molecule has 0 aliphatic rings. The first-order chi connectivity index (χ1) is 8.78. The lowest BCUT2D eigenvalue weighted by Gasteiger charge is -2.03. The molecule has 0 aliphatic carbocycles. The van der Waals surface area contributed by atoms with Crippen molar-refractivity contribution in [1.29, 1.82) is 0 Å². The van der Waals surface area contributed by atoms with Gasteiger partial charge in [0.25, 0.3) is 0 Å². The van der Waals surface area contributed by atoms with Gasteiger partial charge in [-0.05, 0) is 30.5 Å². The molecule has 1 N–H and O–H groups in total. The van der Waals surface area contributed by atoms with Crippen LogP contribution in [0.25, 0.3) is 22.2 Å². The van der Waals surface area contributed by atoms with E-state index >= 15 is 0 Å². The quantitative estimate of drug-likeness (QED) is 0.713. The standard InChI is InChI=1S/C16H16N2/c1-3-12-9-17-16-15(12)8-14(10-18-16)13-6-4-11(2)5-7-13/h4-10H,3H2,1-2H3,(H,17,18). The molecule has 3 rings (SSSR count). The fourth-order valence-corrected chi connectivity index (χ4v) is 2.25. The van der Waals surface area contributed by atoms with E-state index in [9.17, 15) is 0 Å². The second-order valence-electron chi connectivity index (χ2n) is 4.65. The van der Waals surface area contributed by atoms with Gasteiger partial charge in [-0.2, -0.15) is 0 Å². The third kappa shape index (κ3) is 1.80. The number of pyridine rings is 1. The first kappa shape index (κ1) is 11.0. The Morgan fingerprint density at radius 3 is 2.61 bits per heavy atom. The largest absolute Gasteiger partial charge is 0.346 e. The summed E-state index contributed by atoms with van der Waals surface area (Å²) in [7, 11) is 0. The topological polar surface area (TPSA) is 28.7 Å². The van der Waals surface area contributed by atoms with Gasteiger partial charge in [-0.15, -0.1) is 0 Å². The predicted octanol–water partition coefficient (Wildman–Crippen LogP) is 4.10. The lowest BCUT2D eigenvalue weighted by Crippen LogP contribution is -1.83. The number of aromatic nitrogens is 2. The van der Waals surface area contributed by atoms with Gasteiger partial charge in [-0.1, -0.05) is 36.8 Å². The summed E-state index contributed by atoms with van der Waals surface area (Å²) in [5.41, 5.74) is 5.98. The van der Waals surface area contributed by atoms with E-state index in [2.05, 4.69) is 60.3 Å². The molecule has 3 aromatic rings. The van der Waals surface area contributed by atoms with E-state index in [1.807, 2.05) is 6.20 Å². The Hall–Kier alpha value is -2.09. The molecule has 90 valence electrons. The van der Waals surface area contributed by atoms with Gasteiger partial charge >= 0.3 is 0 Å². The molecule has 0 aliphatic heterocycles. The number of fused-ring (bicyclic) bond motifs is 1. The van der Waals surface area contributed by atoms with Gasteiger partial charge in [0.2, 0.25) is 0 Å². The van der Waals surface area contributed by atoms with Crippen molar-refractivity contribution in [3.8, 4) is 11.1 Å². The van der Waals surface area contributed by atoms with Gasteiger partial charge in [0, 0.05) is 23.3 Å². The van der Waals surface area contributed by atoms with E-state index < -0.39 is 0 Å². The Balaban J connectivity index is 2.14. The first-order valence-electron chi connectivity index (χ1n) is 6.31. The van der Waals surface area contributed by atoms with Crippen molar-refractivity contribution in [3.63, 3.8) is 0 Å². The van der Waals surface area contributed by atoms with Crippen LogP contribution in [0.4, 0.5) is 0 Å². The minimum atomic E-state index is 0.975. The maximum Gasteiger partial charge on any atom is 0.137 e. The van der Waals surface area contributed by atoms with E-state index in [1.165, 1.54) is 27.6 Å². The molecule has 1 aromatic carbocycles. The van der Waals surface area contributed by atoms with Crippen molar-refractivity contribution in [1.82, 2.24) is 9.97 Å². The molecule has 0 saturated carbocycles. The van der Waals surface area contributed by atoms with Crippen LogP contribution in [0.2, 0.25) is 0 Å². The van der Waals surface area contributed by atoms with Crippen LogP contribution in [0.15, 0.2) is 42.7 Å². The normalized spacial score (nSPS) is 11.0. The molecule has 0 saturated heterocycles. The summed E-state index contributed by atoms with van der Waals surface area (Å²) >= 11 is 0. The van der Waals surface area contributed by atoms with E-state index in [-0.39, 0.29) is 0 Å². The Labute approximate surface area is 107 Å². The number of aromatic amines is 1. The zero-order valence-corrected chi connectivity index (χ0v) is 10.7. The summed E-state index contributed by atoms with van der Waals surface area (Å²) < 4.78 is 0. The number of nitrogens with zero attached hydrogens (tertiary/aromatic N) is 1. The fourth-order valence-electron chi connectivity index (χ4n) is 2.25. The molecule has 0 fully saturated rings. The number of hydrogen-bond acceptors (Lipinski definition) is 1. The van der Waals surface area contributed by atoms with Gasteiger partial charge in [0.1, 0.15) is 5.65 Å². The third-order valence-electron chi connectivity index (χ3n) is 3.38. The van der Waals surface area contributed by atoms with Crippen molar-refractivity contribution >= 4 is 11.0 Å². The Morgan fingerprint density at radius 2 is 1.89 bits per heavy atom. The molecule has 18 heavy (non-hydrogen) atoms. The van der Waals surface area contributed by atoms with Crippen LogP contribution in [-0.2, 0) is 6.42 Å². The number of aryl methyl sites for hydroxylation is 2. The lowest BCUT2D eigenvalue weighted by molar-refractivity contribution is 1.15. The van der Waals surface area contributed by atoms with E-state index in [1.54, 1.807) is 0 Å². The smallest absolute Gasteiger partial charge is 0.137 e. The van der Waals surface area contributed by atoms with Gasteiger partial charge in [0.05, 0.1) is 0 Å². The fraction of sp³-hybridized carbons (Fsp3) is 0.188. The van der Waals surface area contributed by atoms with Crippen LogP contribution < -0.4 is 0 Å². The van der Waals surface area contributed by atoms with Crippen LogP contribution >= 0.6 is 0 Å². The number of hydrogen-bond donors (Lipinski definition) is 1. The average molecular weight is 236 g/mol. The summed E-state index contributed by atoms with van der Waals surface area (Å²) in [6.45, 7) is 4.27. The summed E-state index contributed by atoms with van der Waals surface area (Å²) in [6, 6.07) is 10.8. The minimum Gasteiger partial charge on any atom is -0.346 e. The Bertz CT molecular complexity index is 678. The molecule has 0 atom stereocenters. The van der Waals surface area contributed by atoms with Crippen LogP contribution in [0.5, 0.6) is 0 Å². The number of benzene rings is 1. The van der Waals surface area contributed by atoms with E-state index in [0.717, 1.165) is 12.1 Å². The monoisotopic (exact) mass is 236 g/mol. The van der Waals surface area contributed by atoms with Gasteiger partial charge in [-0.3, -0.25) is 0 Å². The molecule has 0 spiro atoms. The maximum atomic E-state index is 4.49. The zero-order valence-electron chi connectivity index (χ0n) is 10.7. The zero-order chi connectivity index (χ0) is 12.5. The second-order valence-corrected chi connectivity index (χ2v) is 4.65. The summed E-state index contributed by atoms with van der Waals surface area (Å²) in [5, 5.41) is 1.23. The highest BCUT2D eigenvalue weighted by atomic mass is 14.8. The van der Waals surface area contributed by atoms with Crippen molar-refractivity contribution in [2.75, 3.05) is 0 Å². The van der Waals surface area contributed by atoms with Crippen LogP contribution in [0.1, 0.15) is 18.1 Å². The highest BCUT2D eigenvalue weighted by Crippen LogP contribution is 2.25. The summed E-state index contributed by atoms with van der Waals surface area (Å²) in [5.74, 6) is 0. The molecule has 0 radical (unpaired) electrons. The van der Waals surface area contributed by atoms with Crippen molar-refractivity contribution in [2.24, 2.45) is 0 Å². The van der Waals surface area contributed by atoms with Crippen molar-refractivity contribution < 1.29 is 0 Å². The minimum absolute atomic E-state index is 0.975. The number of H-pyrrole nitrogens is 1. The van der Waals surface area contributed by atoms with Crippen LogP contribution in [-0.4, -0.2) is 9.97 Å². The maximum absolute atomic E-state index is 4.49. The molecular weight excluding hydrogens is 220 g/mol. The first-order valence-corrected chi connectivity index (χ1v) is 6.31. The second kappa shape index (κ2) is 4.30. The predicted molar refractivity (Wildman–Crippen MR) is 75.6 cm³/mol. The molecule has 2 aromatic heterocycles. The molecule has 2 heteroatoms. The molecule has 2 nitrogen and oxygen atoms in total. The van der Waals surface area contributed by atoms with Gasteiger partial charge < -0.3 is 4.98 Å². The van der Waals surface area contributed by atoms with Crippen molar-refractivity contribution in [2.45, 2.75) is 20.3 Å². The third-order valence-corrected chi connectivity index (χ3v) is 3.38. The highest BCUT2D eigenvalue weighted by Gasteiger charge is 2.05. The van der Waals surface area contributed by atoms with Crippen LogP contribution in [0, 0.1) is 6.92 Å². The molecular formula is C16H16N2. The molecule has 0 unspecified atom stereocenters. The number of rotatable bonds is 2. The lowest BCUT2D eigenvalue weighted by atomic mass is 10.0. The highest BCUT2D eigenvalue weighted by molar-refractivity contribution is 5.84. The summed E-state index contributed by atoms with van der Waals surface area (Å²) in [6.07, 6.45) is 5.01. The van der Waals surface area contributed by atoms with Crippen molar-refractivity contribution in [3.05, 3.63) is 53.9 Å². The van der Waals surface area contributed by atoms with Gasteiger partial charge in [-0.25, -0.2) is 4.98 Å². The molecule has 0 bridgehead atoms. The van der Waals surface area contributed by atoms with Crippen LogP contribution in [0.3, 0.4) is 0 Å². The SMILES string of the molecule is CCc1c[nH]c2ncc(-c3ccc(C)cc3)cc12. The summed E-state index contributed by atoms with van der Waals surface area (Å²) in [4.78, 5) is 7.71. The molecule has 2 heterocycles. The Kier molecular flexibility index (Phi) is 2.63. The Morgan fingerprint density at radius 1 is 1.11 bits per heavy atom.